The van der Waals surface area contributed by atoms with Crippen molar-refractivity contribution < 1.29 is 0 Å². The van der Waals surface area contributed by atoms with Crippen LogP contribution in [0.2, 0.25) is 0 Å². The van der Waals surface area contributed by atoms with E-state index in [0.717, 1.165) is 18.8 Å². The molecule has 0 amide bonds. The van der Waals surface area contributed by atoms with Crippen molar-refractivity contribution in [3.05, 3.63) is 37.1 Å². The molecule has 0 aromatic carbocycles. The molecule has 0 atom stereocenters. The van der Waals surface area contributed by atoms with Gasteiger partial charge >= 0.3 is 0 Å². The van der Waals surface area contributed by atoms with E-state index in [1.54, 1.807) is 12.2 Å². The lowest BCUT2D eigenvalue weighted by molar-refractivity contribution is 0.726. The molecule has 0 aromatic rings. The van der Waals surface area contributed by atoms with E-state index in [2.05, 4.69) is 23.8 Å². The molecule has 2 N–H and O–H groups in total. The highest BCUT2D eigenvalue weighted by Crippen LogP contribution is 1.88. The first-order valence-electron chi connectivity index (χ1n) is 4.68. The standard InChI is InChI=1S/C9H16N2.C2H6/c1-4-6-9(5-2)11-8-7-10-3;1-2/h4-6,10-11H,1-2,7-8H2,3H3;1-2H3/b9-6+;. The van der Waals surface area contributed by atoms with Crippen molar-refractivity contribution in [1.82, 2.24) is 10.6 Å². The Morgan fingerprint density at radius 2 is 1.85 bits per heavy atom. The monoisotopic (exact) mass is 182 g/mol. The molecular formula is C11H22N2. The Balaban J connectivity index is 0. The topological polar surface area (TPSA) is 24.1 Å². The van der Waals surface area contributed by atoms with Crippen LogP contribution in [0.3, 0.4) is 0 Å². The third kappa shape index (κ3) is 11.0. The molecule has 0 aromatic heterocycles. The maximum Gasteiger partial charge on any atom is 0.0334 e. The zero-order chi connectivity index (χ0) is 10.5. The van der Waals surface area contributed by atoms with E-state index >= 15 is 0 Å². The Bertz CT molecular complexity index is 148. The lowest BCUT2D eigenvalue weighted by Gasteiger charge is -2.04. The van der Waals surface area contributed by atoms with Gasteiger partial charge in [0.15, 0.2) is 0 Å². The Labute approximate surface area is 82.4 Å². The third-order valence-electron chi connectivity index (χ3n) is 1.22. The maximum absolute atomic E-state index is 3.66. The second-order valence-electron chi connectivity index (χ2n) is 2.09. The first-order valence-corrected chi connectivity index (χ1v) is 4.68. The highest BCUT2D eigenvalue weighted by molar-refractivity contribution is 5.18. The Kier molecular flexibility index (Phi) is 15.1. The van der Waals surface area contributed by atoms with Crippen LogP contribution >= 0.6 is 0 Å². The van der Waals surface area contributed by atoms with Crippen molar-refractivity contribution >= 4 is 0 Å². The zero-order valence-electron chi connectivity index (χ0n) is 9.06. The highest BCUT2D eigenvalue weighted by Gasteiger charge is 1.85. The minimum absolute atomic E-state index is 0.905. The molecule has 0 aliphatic carbocycles. The summed E-state index contributed by atoms with van der Waals surface area (Å²) in [5.41, 5.74) is 1.01. The summed E-state index contributed by atoms with van der Waals surface area (Å²) in [4.78, 5) is 0. The van der Waals surface area contributed by atoms with Crippen LogP contribution in [0.1, 0.15) is 13.8 Å². The molecule has 0 rings (SSSR count). The van der Waals surface area contributed by atoms with Crippen molar-refractivity contribution in [1.29, 1.82) is 0 Å². The van der Waals surface area contributed by atoms with Crippen molar-refractivity contribution in [3.63, 3.8) is 0 Å². The Morgan fingerprint density at radius 1 is 1.23 bits per heavy atom. The molecular weight excluding hydrogens is 160 g/mol. The van der Waals surface area contributed by atoms with Gasteiger partial charge in [0.25, 0.3) is 0 Å². The molecule has 0 aliphatic heterocycles. The van der Waals surface area contributed by atoms with Gasteiger partial charge in [-0.25, -0.2) is 0 Å². The van der Waals surface area contributed by atoms with Gasteiger partial charge in [-0.05, 0) is 19.2 Å². The van der Waals surface area contributed by atoms with E-state index in [1.165, 1.54) is 0 Å². The predicted octanol–water partition coefficient (Wildman–Crippen LogP) is 2.08. The van der Waals surface area contributed by atoms with Crippen molar-refractivity contribution in [2.45, 2.75) is 13.8 Å². The molecule has 13 heavy (non-hydrogen) atoms. The van der Waals surface area contributed by atoms with Crippen molar-refractivity contribution in [3.8, 4) is 0 Å². The molecule has 2 nitrogen and oxygen atoms in total. The van der Waals surface area contributed by atoms with Gasteiger partial charge in [-0.1, -0.05) is 33.1 Å². The summed E-state index contributed by atoms with van der Waals surface area (Å²) in [5, 5.41) is 6.22. The number of hydrogen-bond acceptors (Lipinski definition) is 2. The summed E-state index contributed by atoms with van der Waals surface area (Å²) in [5.74, 6) is 0. The highest BCUT2D eigenvalue weighted by atomic mass is 14.9. The molecule has 0 spiro atoms. The van der Waals surface area contributed by atoms with E-state index in [9.17, 15) is 0 Å². The molecule has 2 heteroatoms. The summed E-state index contributed by atoms with van der Waals surface area (Å²) in [6.45, 7) is 13.1. The van der Waals surface area contributed by atoms with Gasteiger partial charge in [0.2, 0.25) is 0 Å². The van der Waals surface area contributed by atoms with E-state index in [-0.39, 0.29) is 0 Å². The minimum atomic E-state index is 0.905. The van der Waals surface area contributed by atoms with Crippen LogP contribution in [0.25, 0.3) is 0 Å². The number of allylic oxidation sites excluding steroid dienone is 3. The lowest BCUT2D eigenvalue weighted by atomic mass is 10.3. The van der Waals surface area contributed by atoms with Crippen LogP contribution < -0.4 is 10.6 Å². The molecule has 0 unspecified atom stereocenters. The smallest absolute Gasteiger partial charge is 0.0334 e. The molecule has 0 saturated heterocycles. The quantitative estimate of drug-likeness (QED) is 0.485. The molecule has 0 heterocycles. The van der Waals surface area contributed by atoms with E-state index in [4.69, 9.17) is 0 Å². The average molecular weight is 182 g/mol. The fourth-order valence-corrected chi connectivity index (χ4v) is 0.658. The van der Waals surface area contributed by atoms with Crippen LogP contribution in [0, 0.1) is 0 Å². The molecule has 0 saturated carbocycles. The zero-order valence-corrected chi connectivity index (χ0v) is 9.06. The molecule has 0 radical (unpaired) electrons. The fraction of sp³-hybridized carbons (Fsp3) is 0.455. The molecule has 76 valence electrons. The fourth-order valence-electron chi connectivity index (χ4n) is 0.658. The molecule has 0 aliphatic rings. The second-order valence-corrected chi connectivity index (χ2v) is 2.09. The predicted molar refractivity (Wildman–Crippen MR) is 61.8 cm³/mol. The lowest BCUT2D eigenvalue weighted by Crippen LogP contribution is -2.23. The first kappa shape index (κ1) is 14.5. The van der Waals surface area contributed by atoms with Crippen LogP contribution in [0.15, 0.2) is 37.1 Å². The SMILES string of the molecule is C=C/C=C(\C=C)NCCNC.CC. The van der Waals surface area contributed by atoms with Gasteiger partial charge in [0, 0.05) is 18.8 Å². The Hall–Kier alpha value is -1.02. The summed E-state index contributed by atoms with van der Waals surface area (Å²) in [6.07, 6.45) is 5.41. The summed E-state index contributed by atoms with van der Waals surface area (Å²) < 4.78 is 0. The normalized spacial score (nSPS) is 9.62. The maximum atomic E-state index is 3.66. The van der Waals surface area contributed by atoms with Gasteiger partial charge in [-0.15, -0.1) is 0 Å². The second kappa shape index (κ2) is 13.6. The van der Waals surface area contributed by atoms with Gasteiger partial charge < -0.3 is 10.6 Å². The van der Waals surface area contributed by atoms with Gasteiger partial charge in [0.05, 0.1) is 0 Å². The summed E-state index contributed by atoms with van der Waals surface area (Å²) in [7, 11) is 1.92. The third-order valence-corrected chi connectivity index (χ3v) is 1.22. The number of likely N-dealkylation sites (N-methyl/N-ethyl adjacent to an activating group) is 1. The van der Waals surface area contributed by atoms with Crippen LogP contribution in [0.4, 0.5) is 0 Å². The van der Waals surface area contributed by atoms with Crippen LogP contribution in [-0.2, 0) is 0 Å². The Morgan fingerprint density at radius 3 is 2.23 bits per heavy atom. The van der Waals surface area contributed by atoms with Crippen LogP contribution in [0.5, 0.6) is 0 Å². The van der Waals surface area contributed by atoms with Crippen molar-refractivity contribution in [2.75, 3.05) is 20.1 Å². The summed E-state index contributed by atoms with van der Waals surface area (Å²) >= 11 is 0. The van der Waals surface area contributed by atoms with Crippen LogP contribution in [-0.4, -0.2) is 20.1 Å². The van der Waals surface area contributed by atoms with E-state index in [1.807, 2.05) is 27.0 Å². The largest absolute Gasteiger partial charge is 0.384 e. The van der Waals surface area contributed by atoms with Crippen molar-refractivity contribution in [2.24, 2.45) is 0 Å². The van der Waals surface area contributed by atoms with Gasteiger partial charge in [0.1, 0.15) is 0 Å². The summed E-state index contributed by atoms with van der Waals surface area (Å²) in [6, 6.07) is 0. The number of nitrogens with one attached hydrogen (secondary N) is 2. The van der Waals surface area contributed by atoms with Gasteiger partial charge in [-0.3, -0.25) is 0 Å². The first-order chi connectivity index (χ1) is 6.35. The van der Waals surface area contributed by atoms with E-state index in [0.29, 0.717) is 0 Å². The van der Waals surface area contributed by atoms with E-state index < -0.39 is 0 Å². The molecule has 0 bridgehead atoms. The average Bonchev–Trinajstić information content (AvgIpc) is 2.20. The number of rotatable bonds is 6. The van der Waals surface area contributed by atoms with Gasteiger partial charge in [-0.2, -0.15) is 0 Å². The minimum Gasteiger partial charge on any atom is -0.384 e. The number of hydrogen-bond donors (Lipinski definition) is 2. The molecule has 0 fully saturated rings.